The zero-order chi connectivity index (χ0) is 27.2. The fourth-order valence-electron chi connectivity index (χ4n) is 4.92. The summed E-state index contributed by atoms with van der Waals surface area (Å²) < 4.78 is 17.9. The van der Waals surface area contributed by atoms with Crippen molar-refractivity contribution in [3.05, 3.63) is 81.8 Å². The second-order valence-electron chi connectivity index (χ2n) is 9.80. The number of carbonyl (C=O) groups is 2. The van der Waals surface area contributed by atoms with Crippen molar-refractivity contribution < 1.29 is 23.8 Å². The Bertz CT molecular complexity index is 1370. The van der Waals surface area contributed by atoms with E-state index in [2.05, 4.69) is 15.5 Å². The van der Waals surface area contributed by atoms with Gasteiger partial charge in [0.05, 0.1) is 31.6 Å². The summed E-state index contributed by atoms with van der Waals surface area (Å²) in [6.07, 6.45) is 1.85. The number of nitrogens with zero attached hydrogens (tertiary/aromatic N) is 2. The van der Waals surface area contributed by atoms with Crippen molar-refractivity contribution in [3.8, 4) is 17.2 Å². The number of ether oxygens (including phenoxy) is 3. The molecule has 0 saturated carbocycles. The highest BCUT2D eigenvalue weighted by atomic mass is 16.5. The van der Waals surface area contributed by atoms with Gasteiger partial charge in [-0.25, -0.2) is 5.10 Å². The molecule has 5 rings (SSSR count). The molecule has 3 heterocycles. The Morgan fingerprint density at radius 2 is 2.00 bits per heavy atom. The van der Waals surface area contributed by atoms with Crippen molar-refractivity contribution in [1.29, 1.82) is 0 Å². The highest BCUT2D eigenvalue weighted by Crippen LogP contribution is 2.33. The van der Waals surface area contributed by atoms with Crippen LogP contribution in [0.1, 0.15) is 36.1 Å². The number of carbonyl (C=O) groups excluding carboxylic acids is 2. The summed E-state index contributed by atoms with van der Waals surface area (Å²) in [7, 11) is 1.60. The van der Waals surface area contributed by atoms with Crippen molar-refractivity contribution in [1.82, 2.24) is 20.4 Å². The smallest absolute Gasteiger partial charge is 0.264 e. The van der Waals surface area contributed by atoms with Crippen LogP contribution in [0, 0.1) is 0 Å². The zero-order valence-electron chi connectivity index (χ0n) is 21.9. The lowest BCUT2D eigenvalue weighted by atomic mass is 10.00. The average Bonchev–Trinajstić information content (AvgIpc) is 2.95. The molecular weight excluding hydrogens is 500 g/mol. The second-order valence-corrected chi connectivity index (χ2v) is 9.80. The molecule has 2 amide bonds. The van der Waals surface area contributed by atoms with E-state index in [1.165, 1.54) is 6.07 Å². The third kappa shape index (κ3) is 6.83. The van der Waals surface area contributed by atoms with Crippen molar-refractivity contribution in [2.45, 2.75) is 50.9 Å². The molecule has 10 heteroatoms. The molecule has 1 saturated heterocycles. The van der Waals surface area contributed by atoms with E-state index in [1.54, 1.807) is 18.1 Å². The van der Waals surface area contributed by atoms with Gasteiger partial charge in [0.25, 0.3) is 5.56 Å². The first-order valence-electron chi connectivity index (χ1n) is 13.1. The number of piperidine rings is 1. The van der Waals surface area contributed by atoms with Crippen LogP contribution in [-0.2, 0) is 33.8 Å². The highest BCUT2D eigenvalue weighted by Gasteiger charge is 2.33. The van der Waals surface area contributed by atoms with E-state index in [1.807, 2.05) is 42.5 Å². The van der Waals surface area contributed by atoms with Crippen LogP contribution in [0.4, 0.5) is 0 Å². The first-order chi connectivity index (χ1) is 19.0. The molecule has 204 valence electrons. The first kappa shape index (κ1) is 26.4. The normalized spacial score (nSPS) is 19.5. The van der Waals surface area contributed by atoms with Gasteiger partial charge < -0.3 is 24.4 Å². The fourth-order valence-corrected chi connectivity index (χ4v) is 4.92. The summed E-state index contributed by atoms with van der Waals surface area (Å²) in [5.74, 6) is 1.74. The fraction of sp³-hybridized carbons (Fsp3) is 0.379. The zero-order valence-corrected chi connectivity index (χ0v) is 21.9. The lowest BCUT2D eigenvalue weighted by Crippen LogP contribution is -2.57. The maximum absolute atomic E-state index is 13.0. The molecule has 4 bridgehead atoms. The van der Waals surface area contributed by atoms with E-state index in [-0.39, 0.29) is 42.4 Å². The predicted octanol–water partition coefficient (Wildman–Crippen LogP) is 2.75. The number of H-pyrrole nitrogens is 1. The number of rotatable bonds is 4. The molecule has 2 aliphatic rings. The number of amides is 2. The predicted molar refractivity (Wildman–Crippen MR) is 143 cm³/mol. The quantitative estimate of drug-likeness (QED) is 0.530. The maximum Gasteiger partial charge on any atom is 0.264 e. The van der Waals surface area contributed by atoms with Crippen LogP contribution in [-0.4, -0.2) is 59.3 Å². The number of hydrogen-bond acceptors (Lipinski definition) is 7. The van der Waals surface area contributed by atoms with Gasteiger partial charge in [0.2, 0.25) is 11.8 Å². The summed E-state index contributed by atoms with van der Waals surface area (Å²) >= 11 is 0. The first-order valence-corrected chi connectivity index (χ1v) is 13.1. The number of aromatic nitrogens is 2. The number of aryl methyl sites for hydroxylation is 2. The Morgan fingerprint density at radius 3 is 2.82 bits per heavy atom. The molecule has 0 unspecified atom stereocenters. The van der Waals surface area contributed by atoms with Crippen LogP contribution < -0.4 is 20.3 Å². The molecule has 1 aromatic heterocycles. The number of hydrogen-bond donors (Lipinski definition) is 2. The van der Waals surface area contributed by atoms with Crippen molar-refractivity contribution in [2.24, 2.45) is 0 Å². The number of methoxy groups -OCH3 is 1. The molecule has 39 heavy (non-hydrogen) atoms. The summed E-state index contributed by atoms with van der Waals surface area (Å²) in [4.78, 5) is 39.0. The average molecular weight is 533 g/mol. The molecular formula is C29H32N4O6. The Morgan fingerprint density at radius 1 is 1.10 bits per heavy atom. The van der Waals surface area contributed by atoms with E-state index in [0.717, 1.165) is 11.1 Å². The molecule has 3 aromatic rings. The monoisotopic (exact) mass is 532 g/mol. The molecule has 2 N–H and O–H groups in total. The molecule has 2 atom stereocenters. The van der Waals surface area contributed by atoms with Gasteiger partial charge in [0.15, 0.2) is 11.5 Å². The second kappa shape index (κ2) is 12.1. The third-order valence-corrected chi connectivity index (χ3v) is 7.04. The molecule has 2 aliphatic heterocycles. The Balaban J connectivity index is 1.31. The molecule has 10 nitrogen and oxygen atoms in total. The topological polar surface area (TPSA) is 123 Å². The van der Waals surface area contributed by atoms with Gasteiger partial charge in [-0.05, 0) is 54.3 Å². The van der Waals surface area contributed by atoms with Gasteiger partial charge in [-0.3, -0.25) is 14.4 Å². The summed E-state index contributed by atoms with van der Waals surface area (Å²) in [5, 5.41) is 9.50. The number of likely N-dealkylation sites (tertiary alicyclic amines) is 1. The lowest BCUT2D eigenvalue weighted by molar-refractivity contribution is -0.137. The number of nitrogens with one attached hydrogen (secondary N) is 2. The van der Waals surface area contributed by atoms with Gasteiger partial charge in [0, 0.05) is 38.4 Å². The van der Waals surface area contributed by atoms with Crippen LogP contribution in [0.2, 0.25) is 0 Å². The van der Waals surface area contributed by atoms with Gasteiger partial charge in [-0.1, -0.05) is 18.2 Å². The third-order valence-electron chi connectivity index (χ3n) is 7.04. The Hall–Kier alpha value is -4.18. The Kier molecular flexibility index (Phi) is 8.21. The van der Waals surface area contributed by atoms with Crippen molar-refractivity contribution in [2.75, 3.05) is 20.2 Å². The summed E-state index contributed by atoms with van der Waals surface area (Å²) in [5.41, 5.74) is 2.26. The highest BCUT2D eigenvalue weighted by molar-refractivity contribution is 5.78. The minimum Gasteiger partial charge on any atom is -0.493 e. The molecule has 2 aromatic carbocycles. The summed E-state index contributed by atoms with van der Waals surface area (Å²) in [6, 6.07) is 16.1. The van der Waals surface area contributed by atoms with Gasteiger partial charge >= 0.3 is 0 Å². The van der Waals surface area contributed by atoms with Crippen LogP contribution in [0.25, 0.3) is 0 Å². The number of aromatic amines is 1. The van der Waals surface area contributed by atoms with Gasteiger partial charge in [-0.2, -0.15) is 5.10 Å². The largest absolute Gasteiger partial charge is 0.493 e. The van der Waals surface area contributed by atoms with E-state index >= 15 is 0 Å². The van der Waals surface area contributed by atoms with Crippen LogP contribution in [0.3, 0.4) is 0 Å². The Labute approximate surface area is 226 Å². The molecule has 0 radical (unpaired) electrons. The van der Waals surface area contributed by atoms with E-state index in [0.29, 0.717) is 61.9 Å². The van der Waals surface area contributed by atoms with Gasteiger partial charge in [-0.15, -0.1) is 0 Å². The molecule has 0 spiro atoms. The SMILES string of the molecule is COc1ccc2cc1Oc1cccc(c1)CO[C@@H]1CCN(C(=O)CCc3ccc(=O)[nH]n3)C[C@@H]1NC(=O)CC2. The van der Waals surface area contributed by atoms with Crippen molar-refractivity contribution >= 4 is 11.8 Å². The minimum absolute atomic E-state index is 0.0257. The standard InChI is InChI=1S/C29H32N4O6/c1-37-25-9-5-19-6-10-27(34)30-23-17-33(29(36)12-8-21-7-11-28(35)32-31-21)14-13-24(23)38-18-20-3-2-4-22(15-20)39-26(25)16-19/h2-5,7,9,11,15-16,23-24H,6,8,10,12-14,17-18H2,1H3,(H,30,34)(H,32,35)/t23-,24+/m0/s1. The van der Waals surface area contributed by atoms with Gasteiger partial charge in [0.1, 0.15) is 5.75 Å². The van der Waals surface area contributed by atoms with E-state index in [9.17, 15) is 14.4 Å². The van der Waals surface area contributed by atoms with E-state index in [4.69, 9.17) is 14.2 Å². The van der Waals surface area contributed by atoms with E-state index < -0.39 is 0 Å². The summed E-state index contributed by atoms with van der Waals surface area (Å²) in [6.45, 7) is 1.24. The number of fused-ring (bicyclic) bond motifs is 5. The number of benzene rings is 2. The van der Waals surface area contributed by atoms with Crippen LogP contribution in [0.5, 0.6) is 17.2 Å². The maximum atomic E-state index is 13.0. The molecule has 0 aliphatic carbocycles. The minimum atomic E-state index is -0.336. The van der Waals surface area contributed by atoms with Crippen LogP contribution in [0.15, 0.2) is 59.4 Å². The molecule has 1 fully saturated rings. The van der Waals surface area contributed by atoms with Crippen LogP contribution >= 0.6 is 0 Å². The lowest BCUT2D eigenvalue weighted by Gasteiger charge is -2.39. The van der Waals surface area contributed by atoms with Crippen molar-refractivity contribution in [3.63, 3.8) is 0 Å².